The SMILES string of the molecule is Cc1cc(C)cc(NC(=O)N2CCN(c3ccc(C#N)cc3)CC2)c1. The number of rotatable bonds is 2. The van der Waals surface area contributed by atoms with E-state index in [2.05, 4.69) is 22.4 Å². The minimum Gasteiger partial charge on any atom is -0.368 e. The number of amides is 2. The number of piperazine rings is 1. The second kappa shape index (κ2) is 7.27. The average molecular weight is 334 g/mol. The van der Waals surface area contributed by atoms with Gasteiger partial charge in [0.15, 0.2) is 0 Å². The van der Waals surface area contributed by atoms with Gasteiger partial charge in [-0.3, -0.25) is 0 Å². The quantitative estimate of drug-likeness (QED) is 0.914. The number of hydrogen-bond donors (Lipinski definition) is 1. The highest BCUT2D eigenvalue weighted by molar-refractivity contribution is 5.89. The Morgan fingerprint density at radius 1 is 1.00 bits per heavy atom. The van der Waals surface area contributed by atoms with Gasteiger partial charge in [0.05, 0.1) is 11.6 Å². The molecule has 1 heterocycles. The van der Waals surface area contributed by atoms with Crippen LogP contribution >= 0.6 is 0 Å². The van der Waals surface area contributed by atoms with E-state index in [1.807, 2.05) is 55.1 Å². The van der Waals surface area contributed by atoms with Crippen LogP contribution in [-0.4, -0.2) is 37.1 Å². The lowest BCUT2D eigenvalue weighted by Gasteiger charge is -2.36. The smallest absolute Gasteiger partial charge is 0.321 e. The third kappa shape index (κ3) is 4.10. The van der Waals surface area contributed by atoms with Crippen LogP contribution in [0, 0.1) is 25.2 Å². The number of carbonyl (C=O) groups is 1. The largest absolute Gasteiger partial charge is 0.368 e. The fourth-order valence-electron chi connectivity index (χ4n) is 3.16. The summed E-state index contributed by atoms with van der Waals surface area (Å²) in [7, 11) is 0. The van der Waals surface area contributed by atoms with Crippen molar-refractivity contribution in [3.05, 3.63) is 59.2 Å². The van der Waals surface area contributed by atoms with Gasteiger partial charge >= 0.3 is 6.03 Å². The Hall–Kier alpha value is -3.00. The molecule has 0 saturated carbocycles. The van der Waals surface area contributed by atoms with E-state index in [-0.39, 0.29) is 6.03 Å². The second-order valence-corrected chi connectivity index (χ2v) is 6.44. The molecule has 1 N–H and O–H groups in total. The topological polar surface area (TPSA) is 59.4 Å². The number of anilines is 2. The molecule has 2 aromatic rings. The maximum Gasteiger partial charge on any atom is 0.321 e. The Morgan fingerprint density at radius 3 is 2.16 bits per heavy atom. The molecule has 5 heteroatoms. The number of benzene rings is 2. The third-order valence-corrected chi connectivity index (χ3v) is 4.40. The molecule has 1 saturated heterocycles. The summed E-state index contributed by atoms with van der Waals surface area (Å²) in [6.45, 7) is 6.98. The van der Waals surface area contributed by atoms with Crippen LogP contribution in [0.5, 0.6) is 0 Å². The molecule has 2 aromatic carbocycles. The number of urea groups is 1. The van der Waals surface area contributed by atoms with Crippen molar-refractivity contribution < 1.29 is 4.79 Å². The minimum atomic E-state index is -0.0514. The summed E-state index contributed by atoms with van der Waals surface area (Å²) >= 11 is 0. The number of nitrogens with one attached hydrogen (secondary N) is 1. The van der Waals surface area contributed by atoms with Gasteiger partial charge in [0.2, 0.25) is 0 Å². The zero-order valence-corrected chi connectivity index (χ0v) is 14.6. The van der Waals surface area contributed by atoms with Gasteiger partial charge in [0, 0.05) is 37.6 Å². The van der Waals surface area contributed by atoms with E-state index < -0.39 is 0 Å². The normalized spacial score (nSPS) is 14.1. The molecule has 128 valence electrons. The summed E-state index contributed by atoms with van der Waals surface area (Å²) in [6, 6.07) is 15.7. The van der Waals surface area contributed by atoms with Crippen LogP contribution in [0.15, 0.2) is 42.5 Å². The number of nitrogens with zero attached hydrogens (tertiary/aromatic N) is 3. The maximum atomic E-state index is 12.5. The Balaban J connectivity index is 1.57. The Bertz CT molecular complexity index is 779. The van der Waals surface area contributed by atoms with Crippen LogP contribution in [0.3, 0.4) is 0 Å². The van der Waals surface area contributed by atoms with Crippen molar-refractivity contribution >= 4 is 17.4 Å². The van der Waals surface area contributed by atoms with Gasteiger partial charge in [-0.25, -0.2) is 4.79 Å². The first kappa shape index (κ1) is 16.8. The summed E-state index contributed by atoms with van der Waals surface area (Å²) in [5, 5.41) is 11.9. The van der Waals surface area contributed by atoms with Crippen LogP contribution in [0.2, 0.25) is 0 Å². The number of hydrogen-bond acceptors (Lipinski definition) is 3. The Kier molecular flexibility index (Phi) is 4.90. The molecule has 2 amide bonds. The van der Waals surface area contributed by atoms with E-state index in [0.717, 1.165) is 35.6 Å². The van der Waals surface area contributed by atoms with Gasteiger partial charge in [-0.15, -0.1) is 0 Å². The highest BCUT2D eigenvalue weighted by atomic mass is 16.2. The van der Waals surface area contributed by atoms with Crippen molar-refractivity contribution in [3.8, 4) is 6.07 Å². The number of carbonyl (C=O) groups excluding carboxylic acids is 1. The first-order chi connectivity index (χ1) is 12.0. The summed E-state index contributed by atoms with van der Waals surface area (Å²) in [5.74, 6) is 0. The van der Waals surface area contributed by atoms with Gasteiger partial charge < -0.3 is 15.1 Å². The molecular weight excluding hydrogens is 312 g/mol. The summed E-state index contributed by atoms with van der Waals surface area (Å²) in [4.78, 5) is 16.6. The molecule has 25 heavy (non-hydrogen) atoms. The summed E-state index contributed by atoms with van der Waals surface area (Å²) in [6.07, 6.45) is 0. The summed E-state index contributed by atoms with van der Waals surface area (Å²) in [5.41, 5.74) is 4.88. The lowest BCUT2D eigenvalue weighted by molar-refractivity contribution is 0.208. The van der Waals surface area contributed by atoms with Gasteiger partial charge in [0.25, 0.3) is 0 Å². The van der Waals surface area contributed by atoms with Gasteiger partial charge in [-0.1, -0.05) is 6.07 Å². The van der Waals surface area contributed by atoms with E-state index in [9.17, 15) is 4.79 Å². The lowest BCUT2D eigenvalue weighted by Crippen LogP contribution is -2.50. The third-order valence-electron chi connectivity index (χ3n) is 4.40. The molecule has 0 unspecified atom stereocenters. The Labute approximate surface area is 148 Å². The molecule has 3 rings (SSSR count). The number of aryl methyl sites for hydroxylation is 2. The van der Waals surface area contributed by atoms with E-state index in [0.29, 0.717) is 18.7 Å². The van der Waals surface area contributed by atoms with Crippen LogP contribution < -0.4 is 10.2 Å². The zero-order valence-electron chi connectivity index (χ0n) is 14.6. The number of nitriles is 1. The monoisotopic (exact) mass is 334 g/mol. The van der Waals surface area contributed by atoms with E-state index in [1.165, 1.54) is 0 Å². The fourth-order valence-corrected chi connectivity index (χ4v) is 3.16. The van der Waals surface area contributed by atoms with Crippen LogP contribution in [0.4, 0.5) is 16.2 Å². The molecule has 0 atom stereocenters. The van der Waals surface area contributed by atoms with Gasteiger partial charge in [0.1, 0.15) is 0 Å². The molecule has 1 aliphatic rings. The predicted molar refractivity (Wildman–Crippen MR) is 99.9 cm³/mol. The average Bonchev–Trinajstić information content (AvgIpc) is 2.61. The second-order valence-electron chi connectivity index (χ2n) is 6.44. The van der Waals surface area contributed by atoms with Crippen molar-refractivity contribution in [2.45, 2.75) is 13.8 Å². The molecule has 0 bridgehead atoms. The van der Waals surface area contributed by atoms with Crippen molar-refractivity contribution in [3.63, 3.8) is 0 Å². The molecule has 1 aliphatic heterocycles. The lowest BCUT2D eigenvalue weighted by atomic mass is 10.1. The molecular formula is C20H22N4O. The molecule has 0 radical (unpaired) electrons. The summed E-state index contributed by atoms with van der Waals surface area (Å²) < 4.78 is 0. The van der Waals surface area contributed by atoms with Gasteiger partial charge in [-0.2, -0.15) is 5.26 Å². The molecule has 0 aromatic heterocycles. The fraction of sp³-hybridized carbons (Fsp3) is 0.300. The van der Waals surface area contributed by atoms with E-state index >= 15 is 0 Å². The highest BCUT2D eigenvalue weighted by Gasteiger charge is 2.21. The molecule has 1 fully saturated rings. The highest BCUT2D eigenvalue weighted by Crippen LogP contribution is 2.18. The van der Waals surface area contributed by atoms with Crippen LogP contribution in [0.25, 0.3) is 0 Å². The Morgan fingerprint density at radius 2 is 1.60 bits per heavy atom. The molecule has 0 spiro atoms. The van der Waals surface area contributed by atoms with Crippen molar-refractivity contribution in [1.29, 1.82) is 5.26 Å². The minimum absolute atomic E-state index is 0.0514. The van der Waals surface area contributed by atoms with E-state index in [1.54, 1.807) is 0 Å². The zero-order chi connectivity index (χ0) is 17.8. The maximum absolute atomic E-state index is 12.5. The van der Waals surface area contributed by atoms with Crippen LogP contribution in [-0.2, 0) is 0 Å². The predicted octanol–water partition coefficient (Wildman–Crippen LogP) is 3.53. The van der Waals surface area contributed by atoms with Crippen molar-refractivity contribution in [2.24, 2.45) is 0 Å². The van der Waals surface area contributed by atoms with Crippen molar-refractivity contribution in [2.75, 3.05) is 36.4 Å². The van der Waals surface area contributed by atoms with Gasteiger partial charge in [-0.05, 0) is 61.4 Å². The molecule has 0 aliphatic carbocycles. The van der Waals surface area contributed by atoms with E-state index in [4.69, 9.17) is 5.26 Å². The van der Waals surface area contributed by atoms with Crippen LogP contribution in [0.1, 0.15) is 16.7 Å². The molecule has 5 nitrogen and oxygen atoms in total. The van der Waals surface area contributed by atoms with Crippen molar-refractivity contribution in [1.82, 2.24) is 4.90 Å². The first-order valence-electron chi connectivity index (χ1n) is 8.44. The first-order valence-corrected chi connectivity index (χ1v) is 8.44. The standard InChI is InChI=1S/C20H22N4O/c1-15-11-16(2)13-18(12-15)22-20(25)24-9-7-23(8-10-24)19-5-3-17(14-21)4-6-19/h3-6,11-13H,7-10H2,1-2H3,(H,22,25).